The minimum Gasteiger partial charge on any atom is -0.330 e. The van der Waals surface area contributed by atoms with E-state index in [9.17, 15) is 0 Å². The summed E-state index contributed by atoms with van der Waals surface area (Å²) in [5.41, 5.74) is 9.93. The summed E-state index contributed by atoms with van der Waals surface area (Å²) in [6, 6.07) is 12.7. The summed E-state index contributed by atoms with van der Waals surface area (Å²) in [5, 5.41) is 0. The van der Waals surface area contributed by atoms with E-state index in [0.29, 0.717) is 6.54 Å². The van der Waals surface area contributed by atoms with Crippen LogP contribution in [0.4, 0.5) is 0 Å². The number of aromatic nitrogens is 1. The summed E-state index contributed by atoms with van der Waals surface area (Å²) < 4.78 is 0. The lowest BCUT2D eigenvalue weighted by Gasteiger charge is -2.40. The van der Waals surface area contributed by atoms with Gasteiger partial charge in [0, 0.05) is 29.9 Å². The Morgan fingerprint density at radius 1 is 1.04 bits per heavy atom. The highest BCUT2D eigenvalue weighted by atomic mass is 15.1. The minimum atomic E-state index is 0.0876. The molecule has 0 radical (unpaired) electrons. The number of rotatable bonds is 3. The van der Waals surface area contributed by atoms with Gasteiger partial charge in [0.2, 0.25) is 0 Å². The highest BCUT2D eigenvalue weighted by molar-refractivity contribution is 5.63. The van der Waals surface area contributed by atoms with Gasteiger partial charge in [-0.3, -0.25) is 4.98 Å². The van der Waals surface area contributed by atoms with Crippen molar-refractivity contribution in [1.29, 1.82) is 0 Å². The third-order valence-electron chi connectivity index (χ3n) is 4.79. The van der Waals surface area contributed by atoms with Crippen LogP contribution in [0.2, 0.25) is 0 Å². The molecular weight excluding hydrogens is 282 g/mol. The number of hydrogen-bond donors (Lipinski definition) is 1. The minimum absolute atomic E-state index is 0.0876. The molecule has 1 saturated heterocycles. The van der Waals surface area contributed by atoms with Crippen molar-refractivity contribution in [2.75, 3.05) is 26.7 Å². The van der Waals surface area contributed by atoms with E-state index in [1.54, 1.807) is 0 Å². The Morgan fingerprint density at radius 3 is 2.30 bits per heavy atom. The van der Waals surface area contributed by atoms with Gasteiger partial charge in [0.05, 0.1) is 0 Å². The standard InChI is InChI=1S/C18H23N3.C2H6/c1-21-9-7-18(14-19,8-10-21)17-11-16(12-20-13-17)15-5-3-2-4-6-15;1-2/h2-6,11-13H,7-10,14,19H2,1H3;1-2H3. The Morgan fingerprint density at radius 2 is 1.70 bits per heavy atom. The average Bonchev–Trinajstić information content (AvgIpc) is 2.65. The van der Waals surface area contributed by atoms with Gasteiger partial charge in [-0.15, -0.1) is 0 Å². The number of nitrogens with two attached hydrogens (primary N) is 1. The molecule has 1 aliphatic rings. The quantitative estimate of drug-likeness (QED) is 0.940. The van der Waals surface area contributed by atoms with Crippen molar-refractivity contribution in [3.63, 3.8) is 0 Å². The predicted octanol–water partition coefficient (Wildman–Crippen LogP) is 3.70. The second-order valence-electron chi connectivity index (χ2n) is 6.12. The third kappa shape index (κ3) is 3.98. The molecule has 0 amide bonds. The van der Waals surface area contributed by atoms with Crippen molar-refractivity contribution in [3.8, 4) is 11.1 Å². The maximum Gasteiger partial charge on any atom is 0.0346 e. The van der Waals surface area contributed by atoms with Crippen molar-refractivity contribution in [1.82, 2.24) is 9.88 Å². The van der Waals surface area contributed by atoms with Crippen LogP contribution in [0.5, 0.6) is 0 Å². The lowest BCUT2D eigenvalue weighted by Crippen LogP contribution is -2.45. The van der Waals surface area contributed by atoms with Crippen LogP contribution in [-0.2, 0) is 5.41 Å². The number of benzene rings is 1. The zero-order chi connectivity index (χ0) is 16.7. The molecule has 0 atom stereocenters. The predicted molar refractivity (Wildman–Crippen MR) is 98.5 cm³/mol. The van der Waals surface area contributed by atoms with E-state index in [2.05, 4.69) is 47.3 Å². The Hall–Kier alpha value is -1.71. The molecule has 0 bridgehead atoms. The highest BCUT2D eigenvalue weighted by Gasteiger charge is 2.34. The molecule has 3 nitrogen and oxygen atoms in total. The topological polar surface area (TPSA) is 42.1 Å². The Labute approximate surface area is 140 Å². The molecule has 0 spiro atoms. The fraction of sp³-hybridized carbons (Fsp3) is 0.450. The molecule has 0 unspecified atom stereocenters. The highest BCUT2D eigenvalue weighted by Crippen LogP contribution is 2.35. The lowest BCUT2D eigenvalue weighted by molar-refractivity contribution is 0.191. The molecule has 124 valence electrons. The lowest BCUT2D eigenvalue weighted by atomic mass is 9.73. The number of piperidine rings is 1. The van der Waals surface area contributed by atoms with Gasteiger partial charge in [0.25, 0.3) is 0 Å². The normalized spacial score (nSPS) is 17.2. The van der Waals surface area contributed by atoms with Crippen LogP contribution in [0.1, 0.15) is 32.3 Å². The molecular formula is C20H29N3. The van der Waals surface area contributed by atoms with Gasteiger partial charge >= 0.3 is 0 Å². The van der Waals surface area contributed by atoms with Gasteiger partial charge in [-0.05, 0) is 50.2 Å². The summed E-state index contributed by atoms with van der Waals surface area (Å²) >= 11 is 0. The summed E-state index contributed by atoms with van der Waals surface area (Å²) in [7, 11) is 2.18. The smallest absolute Gasteiger partial charge is 0.0346 e. The Bertz CT molecular complexity index is 587. The number of nitrogens with zero attached hydrogens (tertiary/aromatic N) is 2. The van der Waals surface area contributed by atoms with Gasteiger partial charge in [-0.25, -0.2) is 0 Å². The van der Waals surface area contributed by atoms with Crippen LogP contribution < -0.4 is 5.73 Å². The molecule has 1 aliphatic heterocycles. The van der Waals surface area contributed by atoms with E-state index in [4.69, 9.17) is 5.73 Å². The van der Waals surface area contributed by atoms with Crippen molar-refractivity contribution in [3.05, 3.63) is 54.4 Å². The second kappa shape index (κ2) is 8.23. The zero-order valence-electron chi connectivity index (χ0n) is 14.6. The third-order valence-corrected chi connectivity index (χ3v) is 4.79. The van der Waals surface area contributed by atoms with E-state index < -0.39 is 0 Å². The molecule has 0 aliphatic carbocycles. The zero-order valence-corrected chi connectivity index (χ0v) is 14.6. The maximum atomic E-state index is 6.16. The fourth-order valence-electron chi connectivity index (χ4n) is 3.18. The first-order valence-electron chi connectivity index (χ1n) is 8.63. The van der Waals surface area contributed by atoms with Crippen LogP contribution in [0.3, 0.4) is 0 Å². The molecule has 1 aromatic heterocycles. The van der Waals surface area contributed by atoms with Gasteiger partial charge in [-0.2, -0.15) is 0 Å². The van der Waals surface area contributed by atoms with Gasteiger partial charge in [0.1, 0.15) is 0 Å². The first-order chi connectivity index (χ1) is 11.2. The maximum absolute atomic E-state index is 6.16. The molecule has 3 heteroatoms. The van der Waals surface area contributed by atoms with Crippen molar-refractivity contribution in [2.24, 2.45) is 5.73 Å². The molecule has 2 N–H and O–H groups in total. The SMILES string of the molecule is CC.CN1CCC(CN)(c2cncc(-c3ccccc3)c2)CC1. The summed E-state index contributed by atoms with van der Waals surface area (Å²) in [6.45, 7) is 6.90. The van der Waals surface area contributed by atoms with Crippen LogP contribution in [0.15, 0.2) is 48.8 Å². The molecule has 2 aromatic rings. The van der Waals surface area contributed by atoms with E-state index in [1.807, 2.05) is 32.3 Å². The number of hydrogen-bond acceptors (Lipinski definition) is 3. The van der Waals surface area contributed by atoms with Crippen molar-refractivity contribution < 1.29 is 0 Å². The monoisotopic (exact) mass is 311 g/mol. The van der Waals surface area contributed by atoms with Crippen molar-refractivity contribution >= 4 is 0 Å². The van der Waals surface area contributed by atoms with Crippen molar-refractivity contribution in [2.45, 2.75) is 32.1 Å². The molecule has 2 heterocycles. The Balaban J connectivity index is 0.000000924. The van der Waals surface area contributed by atoms with Crippen LogP contribution in [0.25, 0.3) is 11.1 Å². The summed E-state index contributed by atoms with van der Waals surface area (Å²) in [6.07, 6.45) is 6.17. The van der Waals surface area contributed by atoms with Crippen LogP contribution >= 0.6 is 0 Å². The number of pyridine rings is 1. The molecule has 3 rings (SSSR count). The average molecular weight is 311 g/mol. The van der Waals surface area contributed by atoms with Gasteiger partial charge in [0.15, 0.2) is 0 Å². The van der Waals surface area contributed by atoms with Gasteiger partial charge < -0.3 is 10.6 Å². The second-order valence-corrected chi connectivity index (χ2v) is 6.12. The summed E-state index contributed by atoms with van der Waals surface area (Å²) in [4.78, 5) is 6.86. The first kappa shape index (κ1) is 17.6. The summed E-state index contributed by atoms with van der Waals surface area (Å²) in [5.74, 6) is 0. The van der Waals surface area contributed by atoms with Gasteiger partial charge in [-0.1, -0.05) is 44.2 Å². The molecule has 1 aromatic carbocycles. The Kier molecular flexibility index (Phi) is 6.31. The van der Waals surface area contributed by atoms with E-state index in [-0.39, 0.29) is 5.41 Å². The van der Waals surface area contributed by atoms with Crippen LogP contribution in [-0.4, -0.2) is 36.6 Å². The fourth-order valence-corrected chi connectivity index (χ4v) is 3.18. The van der Waals surface area contributed by atoms with E-state index in [0.717, 1.165) is 25.9 Å². The largest absolute Gasteiger partial charge is 0.330 e. The molecule has 1 fully saturated rings. The molecule has 0 saturated carbocycles. The van der Waals surface area contributed by atoms with Crippen LogP contribution in [0, 0.1) is 0 Å². The van der Waals surface area contributed by atoms with E-state index >= 15 is 0 Å². The molecule has 23 heavy (non-hydrogen) atoms. The van der Waals surface area contributed by atoms with E-state index in [1.165, 1.54) is 16.7 Å². The first-order valence-corrected chi connectivity index (χ1v) is 8.63. The number of likely N-dealkylation sites (tertiary alicyclic amines) is 1.